The molecule has 2 aliphatic rings. The Morgan fingerprint density at radius 1 is 1.31 bits per heavy atom. The predicted molar refractivity (Wildman–Crippen MR) is 113 cm³/mol. The second-order valence-corrected chi connectivity index (χ2v) is 8.78. The van der Waals surface area contributed by atoms with E-state index in [2.05, 4.69) is 10.3 Å². The number of amides is 2. The lowest BCUT2D eigenvalue weighted by molar-refractivity contribution is -0.122. The van der Waals surface area contributed by atoms with Gasteiger partial charge in [-0.25, -0.2) is 4.98 Å². The van der Waals surface area contributed by atoms with Gasteiger partial charge in [0.1, 0.15) is 0 Å². The maximum atomic E-state index is 13.6. The van der Waals surface area contributed by atoms with Crippen molar-refractivity contribution in [2.24, 2.45) is 0 Å². The van der Waals surface area contributed by atoms with Crippen LogP contribution in [-0.4, -0.2) is 47.5 Å². The standard InChI is InChI=1S/C22H27N3O3S/c1-15-14-29-21(23-15)24-19(26)18-16-8-4-5-9-17(16)20(27)25(12-13-28-2)22(18)10-6-3-7-11-22/h4-5,8-9,14,18H,3,6-7,10-13H2,1-2H3,(H,23,24,26). The molecule has 2 amide bonds. The number of nitrogens with zero attached hydrogens (tertiary/aromatic N) is 2. The quantitative estimate of drug-likeness (QED) is 0.805. The monoisotopic (exact) mass is 413 g/mol. The lowest BCUT2D eigenvalue weighted by atomic mass is 9.65. The van der Waals surface area contributed by atoms with E-state index in [4.69, 9.17) is 4.74 Å². The van der Waals surface area contributed by atoms with Crippen LogP contribution in [0.3, 0.4) is 0 Å². The molecule has 4 rings (SSSR count). The van der Waals surface area contributed by atoms with Crippen molar-refractivity contribution in [3.8, 4) is 0 Å². The number of hydrogen-bond donors (Lipinski definition) is 1. The van der Waals surface area contributed by atoms with Gasteiger partial charge in [0.25, 0.3) is 5.91 Å². The van der Waals surface area contributed by atoms with Gasteiger partial charge in [0.05, 0.1) is 23.8 Å². The van der Waals surface area contributed by atoms with Gasteiger partial charge in [-0.05, 0) is 31.4 Å². The van der Waals surface area contributed by atoms with Crippen LogP contribution in [0.15, 0.2) is 29.6 Å². The molecule has 0 saturated heterocycles. The fourth-order valence-corrected chi connectivity index (χ4v) is 5.63. The first-order valence-corrected chi connectivity index (χ1v) is 11.1. The molecule has 6 nitrogen and oxygen atoms in total. The third-order valence-electron chi connectivity index (χ3n) is 6.17. The summed E-state index contributed by atoms with van der Waals surface area (Å²) in [4.78, 5) is 33.4. The van der Waals surface area contributed by atoms with Crippen LogP contribution in [0.4, 0.5) is 5.13 Å². The van der Waals surface area contributed by atoms with Gasteiger partial charge < -0.3 is 15.0 Å². The Hall–Kier alpha value is -2.25. The zero-order chi connectivity index (χ0) is 20.4. The maximum absolute atomic E-state index is 13.6. The minimum atomic E-state index is -0.515. The van der Waals surface area contributed by atoms with Crippen LogP contribution in [0.1, 0.15) is 59.6 Å². The number of methoxy groups -OCH3 is 1. The SMILES string of the molecule is COCCN1C(=O)c2ccccc2C(C(=O)Nc2nc(C)cs2)C12CCCCC2. The molecule has 1 N–H and O–H groups in total. The third-order valence-corrected chi connectivity index (χ3v) is 7.05. The van der Waals surface area contributed by atoms with Crippen molar-refractivity contribution in [2.75, 3.05) is 25.6 Å². The largest absolute Gasteiger partial charge is 0.383 e. The van der Waals surface area contributed by atoms with Crippen LogP contribution in [0.5, 0.6) is 0 Å². The number of fused-ring (bicyclic) bond motifs is 1. The highest BCUT2D eigenvalue weighted by Gasteiger charge is 2.54. The van der Waals surface area contributed by atoms with Crippen molar-refractivity contribution < 1.29 is 14.3 Å². The molecule has 7 heteroatoms. The Morgan fingerprint density at radius 2 is 2.07 bits per heavy atom. The second kappa shape index (κ2) is 8.24. The number of rotatable bonds is 5. The van der Waals surface area contributed by atoms with E-state index in [-0.39, 0.29) is 11.8 Å². The van der Waals surface area contributed by atoms with Gasteiger partial charge in [-0.1, -0.05) is 37.5 Å². The first kappa shape index (κ1) is 20.0. The van der Waals surface area contributed by atoms with Crippen LogP contribution in [0.25, 0.3) is 0 Å². The number of benzene rings is 1. The molecule has 0 radical (unpaired) electrons. The van der Waals surface area contributed by atoms with E-state index in [0.29, 0.717) is 23.8 Å². The van der Waals surface area contributed by atoms with Crippen LogP contribution in [0, 0.1) is 6.92 Å². The van der Waals surface area contributed by atoms with E-state index in [0.717, 1.165) is 43.4 Å². The van der Waals surface area contributed by atoms with Gasteiger partial charge in [0, 0.05) is 24.6 Å². The Morgan fingerprint density at radius 3 is 2.76 bits per heavy atom. The number of ether oxygens (including phenoxy) is 1. The summed E-state index contributed by atoms with van der Waals surface area (Å²) in [5.74, 6) is -0.491. The lowest BCUT2D eigenvalue weighted by Gasteiger charge is -2.53. The lowest BCUT2D eigenvalue weighted by Crippen LogP contribution is -2.62. The van der Waals surface area contributed by atoms with Gasteiger partial charge in [0.2, 0.25) is 5.91 Å². The number of hydrogen-bond acceptors (Lipinski definition) is 5. The van der Waals surface area contributed by atoms with Gasteiger partial charge >= 0.3 is 0 Å². The summed E-state index contributed by atoms with van der Waals surface area (Å²) in [6.07, 6.45) is 4.81. The number of thiazole rings is 1. The number of aromatic nitrogens is 1. The summed E-state index contributed by atoms with van der Waals surface area (Å²) < 4.78 is 5.31. The molecule has 29 heavy (non-hydrogen) atoms. The molecule has 1 fully saturated rings. The normalized spacial score (nSPS) is 20.6. The first-order chi connectivity index (χ1) is 14.1. The molecule has 0 bridgehead atoms. The summed E-state index contributed by atoms with van der Waals surface area (Å²) in [5, 5.41) is 5.57. The van der Waals surface area contributed by atoms with Crippen LogP contribution < -0.4 is 5.32 Å². The number of anilines is 1. The summed E-state index contributed by atoms with van der Waals surface area (Å²) in [7, 11) is 1.64. The topological polar surface area (TPSA) is 71.5 Å². The summed E-state index contributed by atoms with van der Waals surface area (Å²) in [6, 6.07) is 7.56. The predicted octanol–water partition coefficient (Wildman–Crippen LogP) is 3.98. The average Bonchev–Trinajstić information content (AvgIpc) is 3.13. The highest BCUT2D eigenvalue weighted by molar-refractivity contribution is 7.13. The van der Waals surface area contributed by atoms with Crippen LogP contribution in [-0.2, 0) is 9.53 Å². The van der Waals surface area contributed by atoms with E-state index in [1.165, 1.54) is 11.3 Å². The van der Waals surface area contributed by atoms with Crippen LogP contribution >= 0.6 is 11.3 Å². The van der Waals surface area contributed by atoms with Crippen molar-refractivity contribution in [1.82, 2.24) is 9.88 Å². The number of aryl methyl sites for hydroxylation is 1. The van der Waals surface area contributed by atoms with Crippen molar-refractivity contribution in [3.05, 3.63) is 46.5 Å². The van der Waals surface area contributed by atoms with Gasteiger partial charge in [-0.3, -0.25) is 9.59 Å². The second-order valence-electron chi connectivity index (χ2n) is 7.92. The Labute approximate surface area is 175 Å². The number of carbonyl (C=O) groups is 2. The van der Waals surface area contributed by atoms with E-state index in [9.17, 15) is 9.59 Å². The molecule has 2 heterocycles. The fourth-order valence-electron chi connectivity index (χ4n) is 4.94. The highest BCUT2D eigenvalue weighted by Crippen LogP contribution is 2.49. The molecule has 1 unspecified atom stereocenters. The molecule has 1 aliphatic heterocycles. The zero-order valence-corrected chi connectivity index (χ0v) is 17.8. The molecular formula is C22H27N3O3S. The Balaban J connectivity index is 1.80. The van der Waals surface area contributed by atoms with E-state index in [1.54, 1.807) is 7.11 Å². The summed E-state index contributed by atoms with van der Waals surface area (Å²) in [5.41, 5.74) is 1.83. The number of nitrogens with one attached hydrogen (secondary N) is 1. The molecule has 154 valence electrons. The number of carbonyl (C=O) groups excluding carboxylic acids is 2. The Bertz CT molecular complexity index is 904. The smallest absolute Gasteiger partial charge is 0.254 e. The minimum Gasteiger partial charge on any atom is -0.383 e. The molecule has 2 aromatic rings. The molecule has 1 atom stereocenters. The van der Waals surface area contributed by atoms with E-state index in [1.807, 2.05) is 41.5 Å². The summed E-state index contributed by atoms with van der Waals surface area (Å²) in [6.45, 7) is 2.86. The molecular weight excluding hydrogens is 386 g/mol. The van der Waals surface area contributed by atoms with Crippen LogP contribution in [0.2, 0.25) is 0 Å². The molecule has 1 aromatic carbocycles. The van der Waals surface area contributed by atoms with Crippen molar-refractivity contribution in [3.63, 3.8) is 0 Å². The summed E-state index contributed by atoms with van der Waals surface area (Å²) >= 11 is 1.43. The van der Waals surface area contributed by atoms with Gasteiger partial charge in [-0.2, -0.15) is 0 Å². The average molecular weight is 414 g/mol. The zero-order valence-electron chi connectivity index (χ0n) is 16.9. The minimum absolute atomic E-state index is 0.00805. The molecule has 1 saturated carbocycles. The van der Waals surface area contributed by atoms with E-state index < -0.39 is 11.5 Å². The van der Waals surface area contributed by atoms with Gasteiger partial charge in [0.15, 0.2) is 5.13 Å². The molecule has 1 spiro atoms. The van der Waals surface area contributed by atoms with E-state index >= 15 is 0 Å². The van der Waals surface area contributed by atoms with Crippen molar-refractivity contribution >= 4 is 28.3 Å². The van der Waals surface area contributed by atoms with Gasteiger partial charge in [-0.15, -0.1) is 11.3 Å². The highest BCUT2D eigenvalue weighted by atomic mass is 32.1. The van der Waals surface area contributed by atoms with Crippen molar-refractivity contribution in [1.29, 1.82) is 0 Å². The van der Waals surface area contributed by atoms with Crippen molar-refractivity contribution in [2.45, 2.75) is 50.5 Å². The maximum Gasteiger partial charge on any atom is 0.254 e. The third kappa shape index (κ3) is 3.57. The fraction of sp³-hybridized carbons (Fsp3) is 0.500. The first-order valence-electron chi connectivity index (χ1n) is 10.2. The molecule has 1 aromatic heterocycles. The Kier molecular flexibility index (Phi) is 5.69. The molecule has 1 aliphatic carbocycles.